The van der Waals surface area contributed by atoms with Crippen molar-refractivity contribution in [3.8, 4) is 5.75 Å². The van der Waals surface area contributed by atoms with Gasteiger partial charge in [-0.15, -0.1) is 0 Å². The molecule has 0 saturated carbocycles. The van der Waals surface area contributed by atoms with Gasteiger partial charge in [-0.05, 0) is 61.6 Å². The number of fused-ring (bicyclic) bond motifs is 3. The van der Waals surface area contributed by atoms with Crippen LogP contribution in [0.15, 0.2) is 42.5 Å². The molecule has 0 spiro atoms. The quantitative estimate of drug-likeness (QED) is 0.756. The van der Waals surface area contributed by atoms with E-state index in [1.165, 1.54) is 11.1 Å². The third-order valence-corrected chi connectivity index (χ3v) is 6.50. The Bertz CT molecular complexity index is 945. The third kappa shape index (κ3) is 6.34. The number of aliphatic hydroxyl groups is 1. The van der Waals surface area contributed by atoms with Crippen molar-refractivity contribution in [2.24, 2.45) is 0 Å². The Hall–Kier alpha value is -2.41. The van der Waals surface area contributed by atoms with Crippen LogP contribution in [0.4, 0.5) is 0 Å². The van der Waals surface area contributed by atoms with Gasteiger partial charge in [0.25, 0.3) is 5.91 Å². The predicted molar refractivity (Wildman–Crippen MR) is 129 cm³/mol. The molecule has 4 rings (SSSR count). The van der Waals surface area contributed by atoms with E-state index in [1.807, 2.05) is 18.2 Å². The highest BCUT2D eigenvalue weighted by atomic mass is 16.5. The fourth-order valence-electron chi connectivity index (χ4n) is 4.62. The van der Waals surface area contributed by atoms with E-state index in [1.54, 1.807) is 4.90 Å². The highest BCUT2D eigenvalue weighted by molar-refractivity contribution is 5.94. The van der Waals surface area contributed by atoms with Gasteiger partial charge in [0.2, 0.25) is 0 Å². The Morgan fingerprint density at radius 3 is 2.73 bits per heavy atom. The van der Waals surface area contributed by atoms with Gasteiger partial charge in [0, 0.05) is 44.2 Å². The molecule has 2 bridgehead atoms. The minimum absolute atomic E-state index is 0.0272. The minimum atomic E-state index is -0.434. The molecule has 1 N–H and O–H groups in total. The van der Waals surface area contributed by atoms with Crippen LogP contribution in [0.5, 0.6) is 5.75 Å². The summed E-state index contributed by atoms with van der Waals surface area (Å²) in [6.07, 6.45) is 1.85. The molecule has 1 atom stereocenters. The largest absolute Gasteiger partial charge is 0.491 e. The second-order valence-electron chi connectivity index (χ2n) is 9.39. The molecule has 2 aromatic carbocycles. The van der Waals surface area contributed by atoms with E-state index in [0.29, 0.717) is 50.9 Å². The van der Waals surface area contributed by atoms with E-state index in [-0.39, 0.29) is 5.91 Å². The first-order chi connectivity index (χ1) is 16.0. The molecule has 1 unspecified atom stereocenters. The summed E-state index contributed by atoms with van der Waals surface area (Å²) in [5, 5.41) is 9.99. The average molecular weight is 453 g/mol. The van der Waals surface area contributed by atoms with E-state index in [2.05, 4.69) is 43.0 Å². The van der Waals surface area contributed by atoms with E-state index < -0.39 is 6.10 Å². The fourth-order valence-corrected chi connectivity index (χ4v) is 4.62. The van der Waals surface area contributed by atoms with Crippen LogP contribution >= 0.6 is 0 Å². The summed E-state index contributed by atoms with van der Waals surface area (Å²) in [5.41, 5.74) is 4.11. The molecule has 2 heterocycles. The van der Waals surface area contributed by atoms with E-state index in [9.17, 15) is 9.90 Å². The van der Waals surface area contributed by atoms with Crippen LogP contribution in [0.25, 0.3) is 0 Å². The van der Waals surface area contributed by atoms with Gasteiger partial charge < -0.3 is 19.5 Å². The summed E-state index contributed by atoms with van der Waals surface area (Å²) < 4.78 is 11.9. The molecule has 2 aliphatic rings. The maximum Gasteiger partial charge on any atom is 0.253 e. The Kier molecular flexibility index (Phi) is 8.02. The first-order valence-electron chi connectivity index (χ1n) is 12.1. The molecule has 33 heavy (non-hydrogen) atoms. The van der Waals surface area contributed by atoms with Crippen molar-refractivity contribution in [3.05, 3.63) is 64.7 Å². The first kappa shape index (κ1) is 23.7. The maximum atomic E-state index is 13.1. The molecular weight excluding hydrogens is 416 g/mol. The van der Waals surface area contributed by atoms with Gasteiger partial charge in [-0.25, -0.2) is 0 Å². The van der Waals surface area contributed by atoms with Crippen LogP contribution < -0.4 is 4.74 Å². The van der Waals surface area contributed by atoms with Gasteiger partial charge in [0.15, 0.2) is 0 Å². The first-order valence-corrected chi connectivity index (χ1v) is 12.1. The molecule has 2 aromatic rings. The zero-order valence-corrected chi connectivity index (χ0v) is 19.8. The lowest BCUT2D eigenvalue weighted by Gasteiger charge is -2.30. The lowest BCUT2D eigenvalue weighted by molar-refractivity contribution is 0.0473. The van der Waals surface area contributed by atoms with Gasteiger partial charge >= 0.3 is 0 Å². The van der Waals surface area contributed by atoms with Crippen molar-refractivity contribution in [2.45, 2.75) is 51.8 Å². The van der Waals surface area contributed by atoms with Gasteiger partial charge in [0.05, 0.1) is 19.3 Å². The topological polar surface area (TPSA) is 62.2 Å². The number of aliphatic hydroxyl groups excluding tert-OH is 1. The molecule has 1 saturated heterocycles. The second-order valence-corrected chi connectivity index (χ2v) is 9.39. The van der Waals surface area contributed by atoms with Gasteiger partial charge in [-0.3, -0.25) is 9.69 Å². The Morgan fingerprint density at radius 1 is 1.06 bits per heavy atom. The molecular formula is C27H36N2O4. The molecule has 6 heteroatoms. The summed E-state index contributed by atoms with van der Waals surface area (Å²) in [6, 6.07) is 14.8. The van der Waals surface area contributed by atoms with Crippen LogP contribution in [-0.2, 0) is 17.7 Å². The number of rotatable bonds is 2. The van der Waals surface area contributed by atoms with Crippen molar-refractivity contribution in [2.75, 3.05) is 39.5 Å². The third-order valence-electron chi connectivity index (χ3n) is 6.50. The standard InChI is InChI=1S/C27H36N2O4/c1-20(2)28-11-12-32-13-14-33-26-9-8-23(27(31)29-10-4-7-25(30)19-29)17-24(26)16-21-5-3-6-22(15-21)18-28/h3,5-6,8-9,15,17,20,25,30H,4,7,10-14,16,18-19H2,1-2H3. The molecule has 1 amide bonds. The van der Waals surface area contributed by atoms with E-state index in [4.69, 9.17) is 9.47 Å². The summed E-state index contributed by atoms with van der Waals surface area (Å²) in [4.78, 5) is 17.3. The summed E-state index contributed by atoms with van der Waals surface area (Å²) in [5.74, 6) is 0.765. The zero-order valence-electron chi connectivity index (χ0n) is 19.8. The Morgan fingerprint density at radius 2 is 1.91 bits per heavy atom. The van der Waals surface area contributed by atoms with Crippen molar-refractivity contribution in [3.63, 3.8) is 0 Å². The summed E-state index contributed by atoms with van der Waals surface area (Å²) in [7, 11) is 0. The number of carbonyl (C=O) groups is 1. The Balaban J connectivity index is 1.61. The maximum absolute atomic E-state index is 13.1. The van der Waals surface area contributed by atoms with Crippen molar-refractivity contribution in [1.82, 2.24) is 9.80 Å². The number of hydrogen-bond donors (Lipinski definition) is 1. The molecule has 0 radical (unpaired) electrons. The number of β-amino-alcohol motifs (C(OH)–C–C–N with tert-alkyl or cyclic N) is 1. The SMILES string of the molecule is CC(C)N1CCOCCOc2ccc(C(=O)N3CCCC(O)C3)cc2Cc2cccc(c2)C1. The molecule has 6 nitrogen and oxygen atoms in total. The average Bonchev–Trinajstić information content (AvgIpc) is 2.80. The number of amides is 1. The number of hydrogen-bond acceptors (Lipinski definition) is 5. The van der Waals surface area contributed by atoms with Crippen molar-refractivity contribution < 1.29 is 19.4 Å². The lowest BCUT2D eigenvalue weighted by atomic mass is 9.99. The number of carbonyl (C=O) groups excluding carboxylic acids is 1. The zero-order chi connectivity index (χ0) is 23.2. The second kappa shape index (κ2) is 11.1. The fraction of sp³-hybridized carbons (Fsp3) is 0.519. The van der Waals surface area contributed by atoms with Gasteiger partial charge in [0.1, 0.15) is 12.4 Å². The van der Waals surface area contributed by atoms with E-state index in [0.717, 1.165) is 37.2 Å². The molecule has 0 aromatic heterocycles. The lowest BCUT2D eigenvalue weighted by Crippen LogP contribution is -2.42. The predicted octanol–water partition coefficient (Wildman–Crippen LogP) is 3.49. The molecule has 178 valence electrons. The van der Waals surface area contributed by atoms with E-state index >= 15 is 0 Å². The smallest absolute Gasteiger partial charge is 0.253 e. The normalized spacial score (nSPS) is 20.6. The Labute approximate surface area is 197 Å². The van der Waals surface area contributed by atoms with Crippen LogP contribution in [0.1, 0.15) is 53.7 Å². The van der Waals surface area contributed by atoms with Crippen molar-refractivity contribution in [1.29, 1.82) is 0 Å². The van der Waals surface area contributed by atoms with Crippen LogP contribution in [0, 0.1) is 0 Å². The summed E-state index contributed by atoms with van der Waals surface area (Å²) in [6.45, 7) is 8.96. The van der Waals surface area contributed by atoms with Crippen LogP contribution in [-0.4, -0.2) is 72.4 Å². The minimum Gasteiger partial charge on any atom is -0.491 e. The monoisotopic (exact) mass is 452 g/mol. The molecule has 0 aliphatic carbocycles. The summed E-state index contributed by atoms with van der Waals surface area (Å²) >= 11 is 0. The number of ether oxygens (including phenoxy) is 2. The van der Waals surface area contributed by atoms with Crippen LogP contribution in [0.3, 0.4) is 0 Å². The highest BCUT2D eigenvalue weighted by Gasteiger charge is 2.24. The van der Waals surface area contributed by atoms with Gasteiger partial charge in [-0.1, -0.05) is 24.3 Å². The molecule has 1 fully saturated rings. The number of piperidine rings is 1. The van der Waals surface area contributed by atoms with Gasteiger partial charge in [-0.2, -0.15) is 0 Å². The van der Waals surface area contributed by atoms with Crippen LogP contribution in [0.2, 0.25) is 0 Å². The molecule has 2 aliphatic heterocycles. The number of nitrogens with zero attached hydrogens (tertiary/aromatic N) is 2. The van der Waals surface area contributed by atoms with Crippen molar-refractivity contribution >= 4 is 5.91 Å². The highest BCUT2D eigenvalue weighted by Crippen LogP contribution is 2.26. The number of likely N-dealkylation sites (tertiary alicyclic amines) is 1. The number of benzene rings is 2.